The second-order valence-corrected chi connectivity index (χ2v) is 13.3. The summed E-state index contributed by atoms with van der Waals surface area (Å²) >= 11 is 6.83. The van der Waals surface area contributed by atoms with Crippen LogP contribution in [0.4, 0.5) is 17.1 Å². The zero-order valence-corrected chi connectivity index (χ0v) is 22.0. The number of aliphatic carboxylic acids is 1. The smallest absolute Gasteiger partial charge is 0.311 e. The highest BCUT2D eigenvalue weighted by Gasteiger charge is 2.65. The number of anilines is 3. The van der Waals surface area contributed by atoms with Crippen molar-refractivity contribution in [2.75, 3.05) is 36.5 Å². The van der Waals surface area contributed by atoms with E-state index in [1.165, 1.54) is 6.42 Å². The third-order valence-corrected chi connectivity index (χ3v) is 11.2. The first-order chi connectivity index (χ1) is 17.2. The number of likely N-dealkylation sites (N-methyl/N-ethyl adjacent to an activating group) is 1. The average Bonchev–Trinajstić information content (AvgIpc) is 3.47. The van der Waals surface area contributed by atoms with Crippen LogP contribution in [0, 0.1) is 17.3 Å². The molecule has 4 aliphatic rings. The lowest BCUT2D eigenvalue weighted by atomic mass is 9.83. The van der Waals surface area contributed by atoms with Crippen molar-refractivity contribution < 1.29 is 18.3 Å². The van der Waals surface area contributed by atoms with Crippen LogP contribution in [0.1, 0.15) is 38.5 Å². The standard InChI is InChI=1S/C27H32ClN3O4S/c1-29-24(18-8-4-2-5-9-18)16-31(20-10-6-3-7-11-20)23-12-21(28)22(13-25(23)36(29,34)35)30-15-19-14-27(19,17-30)26(32)33/h3,6-7,10-13,18-19,24H,2,4-5,8-9,14-17H2,1H3,(H,32,33)/t19-,24+,27-/m1/s1. The predicted octanol–water partition coefficient (Wildman–Crippen LogP) is 4.97. The van der Waals surface area contributed by atoms with Gasteiger partial charge in [-0.05, 0) is 55.4 Å². The molecule has 0 amide bonds. The molecular weight excluding hydrogens is 498 g/mol. The van der Waals surface area contributed by atoms with E-state index in [0.29, 0.717) is 48.4 Å². The van der Waals surface area contributed by atoms with Gasteiger partial charge in [0.15, 0.2) is 0 Å². The molecule has 192 valence electrons. The van der Waals surface area contributed by atoms with Crippen molar-refractivity contribution in [3.05, 3.63) is 47.5 Å². The van der Waals surface area contributed by atoms with Crippen LogP contribution in [-0.4, -0.2) is 56.5 Å². The third kappa shape index (κ3) is 3.72. The molecule has 3 fully saturated rings. The molecule has 0 unspecified atom stereocenters. The van der Waals surface area contributed by atoms with Gasteiger partial charge in [0.25, 0.3) is 0 Å². The number of fused-ring (bicyclic) bond motifs is 2. The third-order valence-electron chi connectivity index (χ3n) is 8.99. The zero-order valence-electron chi connectivity index (χ0n) is 20.4. The molecule has 2 saturated carbocycles. The maximum absolute atomic E-state index is 14.1. The van der Waals surface area contributed by atoms with Crippen molar-refractivity contribution in [2.45, 2.75) is 49.5 Å². The van der Waals surface area contributed by atoms with E-state index in [4.69, 9.17) is 11.6 Å². The van der Waals surface area contributed by atoms with E-state index in [1.54, 1.807) is 23.5 Å². The Kier molecular flexibility index (Phi) is 5.77. The second-order valence-electron chi connectivity index (χ2n) is 10.9. The summed E-state index contributed by atoms with van der Waals surface area (Å²) in [6, 6.07) is 13.2. The first-order valence-electron chi connectivity index (χ1n) is 12.8. The fraction of sp³-hybridized carbons (Fsp3) is 0.519. The summed E-state index contributed by atoms with van der Waals surface area (Å²) in [6.07, 6.45) is 6.20. The number of carboxylic acids is 1. The number of hydrogen-bond acceptors (Lipinski definition) is 5. The van der Waals surface area contributed by atoms with Gasteiger partial charge in [-0.15, -0.1) is 0 Å². The Hall–Kier alpha value is -2.29. The highest BCUT2D eigenvalue weighted by Crippen LogP contribution is 2.59. The fourth-order valence-corrected chi connectivity index (χ4v) is 8.62. The topological polar surface area (TPSA) is 81.2 Å². The van der Waals surface area contributed by atoms with Crippen LogP contribution < -0.4 is 9.80 Å². The Balaban J connectivity index is 1.46. The van der Waals surface area contributed by atoms with E-state index in [1.807, 2.05) is 35.2 Å². The van der Waals surface area contributed by atoms with Crippen LogP contribution >= 0.6 is 11.6 Å². The van der Waals surface area contributed by atoms with Crippen LogP contribution in [-0.2, 0) is 14.8 Å². The lowest BCUT2D eigenvalue weighted by molar-refractivity contribution is -0.143. The molecule has 2 aliphatic heterocycles. The summed E-state index contributed by atoms with van der Waals surface area (Å²) in [5.74, 6) is -0.394. The van der Waals surface area contributed by atoms with E-state index >= 15 is 0 Å². The summed E-state index contributed by atoms with van der Waals surface area (Å²) in [7, 11) is -2.10. The van der Waals surface area contributed by atoms with E-state index in [9.17, 15) is 18.3 Å². The molecule has 2 aliphatic carbocycles. The number of benzene rings is 2. The molecule has 3 atom stereocenters. The average molecular weight is 530 g/mol. The van der Waals surface area contributed by atoms with Gasteiger partial charge in [-0.2, -0.15) is 4.31 Å². The van der Waals surface area contributed by atoms with Gasteiger partial charge in [0.2, 0.25) is 10.0 Å². The molecule has 1 N–H and O–H groups in total. The van der Waals surface area contributed by atoms with Gasteiger partial charge in [0.05, 0.1) is 21.8 Å². The summed E-state index contributed by atoms with van der Waals surface area (Å²) in [6.45, 7) is 1.49. The zero-order chi connectivity index (χ0) is 25.2. The van der Waals surface area contributed by atoms with Crippen molar-refractivity contribution in [3.8, 4) is 0 Å². The normalized spacial score (nSPS) is 29.9. The van der Waals surface area contributed by atoms with Gasteiger partial charge in [0.1, 0.15) is 4.90 Å². The minimum absolute atomic E-state index is 0.0839. The molecular formula is C27H32ClN3O4S. The molecule has 0 bridgehead atoms. The Morgan fingerprint density at radius 1 is 1.06 bits per heavy atom. The highest BCUT2D eigenvalue weighted by atomic mass is 35.5. The van der Waals surface area contributed by atoms with Gasteiger partial charge in [-0.1, -0.05) is 49.1 Å². The number of piperidine rings is 1. The Labute approximate surface area is 217 Å². The first-order valence-corrected chi connectivity index (χ1v) is 14.7. The first kappa shape index (κ1) is 24.1. The quantitative estimate of drug-likeness (QED) is 0.602. The largest absolute Gasteiger partial charge is 0.481 e. The minimum atomic E-state index is -3.81. The number of sulfonamides is 1. The summed E-state index contributed by atoms with van der Waals surface area (Å²) in [5, 5.41) is 10.2. The molecule has 1 saturated heterocycles. The molecule has 9 heteroatoms. The molecule has 36 heavy (non-hydrogen) atoms. The monoisotopic (exact) mass is 529 g/mol. The molecule has 0 radical (unpaired) electrons. The van der Waals surface area contributed by atoms with Crippen molar-refractivity contribution in [2.24, 2.45) is 17.3 Å². The van der Waals surface area contributed by atoms with Crippen molar-refractivity contribution in [1.29, 1.82) is 0 Å². The van der Waals surface area contributed by atoms with E-state index in [-0.39, 0.29) is 16.9 Å². The van der Waals surface area contributed by atoms with E-state index < -0.39 is 21.4 Å². The van der Waals surface area contributed by atoms with Gasteiger partial charge >= 0.3 is 5.97 Å². The number of para-hydroxylation sites is 1. The van der Waals surface area contributed by atoms with Crippen LogP contribution in [0.3, 0.4) is 0 Å². The maximum Gasteiger partial charge on any atom is 0.311 e. The molecule has 2 heterocycles. The summed E-state index contributed by atoms with van der Waals surface area (Å²) < 4.78 is 29.8. The maximum atomic E-state index is 14.1. The lowest BCUT2D eigenvalue weighted by Crippen LogP contribution is -2.46. The molecule has 0 spiro atoms. The minimum Gasteiger partial charge on any atom is -0.481 e. The molecule has 2 aromatic rings. The van der Waals surface area contributed by atoms with Crippen LogP contribution in [0.15, 0.2) is 47.4 Å². The Bertz CT molecular complexity index is 1300. The van der Waals surface area contributed by atoms with Crippen LogP contribution in [0.5, 0.6) is 0 Å². The number of nitrogens with zero attached hydrogens (tertiary/aromatic N) is 3. The molecule has 0 aromatic heterocycles. The summed E-state index contributed by atoms with van der Waals surface area (Å²) in [5.41, 5.74) is 1.39. The number of carboxylic acid groups (broad SMARTS) is 1. The summed E-state index contributed by atoms with van der Waals surface area (Å²) in [4.78, 5) is 16.2. The molecule has 7 nitrogen and oxygen atoms in total. The van der Waals surface area contributed by atoms with Crippen molar-refractivity contribution in [3.63, 3.8) is 0 Å². The molecule has 6 rings (SSSR count). The number of carbonyl (C=O) groups is 1. The van der Waals surface area contributed by atoms with Gasteiger partial charge in [-0.3, -0.25) is 4.79 Å². The lowest BCUT2D eigenvalue weighted by Gasteiger charge is -2.36. The Morgan fingerprint density at radius 2 is 1.78 bits per heavy atom. The van der Waals surface area contributed by atoms with E-state index in [2.05, 4.69) is 4.90 Å². The fourth-order valence-electron chi connectivity index (χ4n) is 6.74. The van der Waals surface area contributed by atoms with Gasteiger partial charge in [-0.25, -0.2) is 8.42 Å². The highest BCUT2D eigenvalue weighted by molar-refractivity contribution is 7.89. The number of hydrogen-bond donors (Lipinski definition) is 1. The Morgan fingerprint density at radius 3 is 2.44 bits per heavy atom. The number of rotatable bonds is 4. The predicted molar refractivity (Wildman–Crippen MR) is 141 cm³/mol. The van der Waals surface area contributed by atoms with Crippen molar-refractivity contribution >= 4 is 44.7 Å². The molecule has 2 aromatic carbocycles. The van der Waals surface area contributed by atoms with Crippen molar-refractivity contribution in [1.82, 2.24) is 4.31 Å². The van der Waals surface area contributed by atoms with Gasteiger partial charge in [0, 0.05) is 38.4 Å². The SMILES string of the molecule is CN1[C@H](C2CCCCC2)CN(c2ccccc2)c2cc(Cl)c(N3C[C@H]4C[C@@]4(C(=O)O)C3)cc2S1(=O)=O. The van der Waals surface area contributed by atoms with Crippen LogP contribution in [0.25, 0.3) is 0 Å². The second kappa shape index (κ2) is 8.64. The van der Waals surface area contributed by atoms with Crippen LogP contribution in [0.2, 0.25) is 5.02 Å². The van der Waals surface area contributed by atoms with E-state index in [0.717, 1.165) is 31.4 Å². The van der Waals surface area contributed by atoms with Gasteiger partial charge < -0.3 is 14.9 Å². The number of halogens is 1.